The molecule has 1 unspecified atom stereocenters. The molecule has 0 amide bonds. The van der Waals surface area contributed by atoms with Gasteiger partial charge < -0.3 is 4.90 Å². The smallest absolute Gasteiger partial charge is 0.250 e. The van der Waals surface area contributed by atoms with Crippen LogP contribution in [0.4, 0.5) is 0 Å². The van der Waals surface area contributed by atoms with Crippen molar-refractivity contribution in [2.75, 3.05) is 39.8 Å². The molecule has 1 aliphatic rings. The van der Waals surface area contributed by atoms with E-state index in [9.17, 15) is 8.42 Å². The van der Waals surface area contributed by atoms with Crippen molar-refractivity contribution in [3.05, 3.63) is 38.9 Å². The van der Waals surface area contributed by atoms with Crippen molar-refractivity contribution < 1.29 is 8.42 Å². The Bertz CT molecular complexity index is 753. The molecular weight excluding hydrogens is 386 g/mol. The maximum atomic E-state index is 12.5. The second-order valence-electron chi connectivity index (χ2n) is 5.82. The van der Waals surface area contributed by atoms with Crippen LogP contribution in [0.2, 0.25) is 4.34 Å². The van der Waals surface area contributed by atoms with Gasteiger partial charge in [0.2, 0.25) is 10.0 Å². The molecule has 1 N–H and O–H groups in total. The van der Waals surface area contributed by atoms with Gasteiger partial charge in [-0.25, -0.2) is 13.1 Å². The summed E-state index contributed by atoms with van der Waals surface area (Å²) in [6, 6.07) is 5.28. The number of halogens is 1. The number of nitrogens with one attached hydrogen (secondary N) is 1. The Balaban J connectivity index is 1.73. The van der Waals surface area contributed by atoms with Gasteiger partial charge in [0.25, 0.3) is 0 Å². The maximum Gasteiger partial charge on any atom is 0.250 e. The topological polar surface area (TPSA) is 52.6 Å². The number of thiophene rings is 2. The third-order valence-electron chi connectivity index (χ3n) is 4.19. The zero-order chi connectivity index (χ0) is 17.2. The van der Waals surface area contributed by atoms with Crippen molar-refractivity contribution in [3.8, 4) is 0 Å². The van der Waals surface area contributed by atoms with Crippen molar-refractivity contribution in [1.29, 1.82) is 0 Å². The lowest BCUT2D eigenvalue weighted by atomic mass is 10.1. The lowest BCUT2D eigenvalue weighted by molar-refractivity contribution is 0.113. The van der Waals surface area contributed by atoms with Crippen LogP contribution in [-0.4, -0.2) is 58.0 Å². The summed E-state index contributed by atoms with van der Waals surface area (Å²) in [5.74, 6) is 0. The van der Waals surface area contributed by atoms with Crippen molar-refractivity contribution >= 4 is 44.3 Å². The molecule has 24 heavy (non-hydrogen) atoms. The highest BCUT2D eigenvalue weighted by Gasteiger charge is 2.26. The molecule has 0 radical (unpaired) electrons. The van der Waals surface area contributed by atoms with E-state index in [0.29, 0.717) is 10.9 Å². The Labute approximate surface area is 155 Å². The van der Waals surface area contributed by atoms with E-state index < -0.39 is 10.0 Å². The van der Waals surface area contributed by atoms with Crippen LogP contribution in [0, 0.1) is 0 Å². The zero-order valence-electron chi connectivity index (χ0n) is 13.3. The molecule has 1 fully saturated rings. The standard InChI is InChI=1S/C15H20ClN3O2S3/c1-18-5-7-19(8-6-18)13(12-4-9-22-11-12)10-17-24(20,21)15-3-2-14(16)23-15/h2-4,9,11,13,17H,5-8,10H2,1H3. The van der Waals surface area contributed by atoms with Gasteiger partial charge in [0, 0.05) is 38.8 Å². The van der Waals surface area contributed by atoms with Crippen LogP contribution < -0.4 is 4.72 Å². The van der Waals surface area contributed by atoms with Crippen LogP contribution >= 0.6 is 34.3 Å². The van der Waals surface area contributed by atoms with Gasteiger partial charge in [0.05, 0.1) is 4.34 Å². The van der Waals surface area contributed by atoms with E-state index in [2.05, 4.69) is 33.0 Å². The summed E-state index contributed by atoms with van der Waals surface area (Å²) in [4.78, 5) is 4.64. The average Bonchev–Trinajstić information content (AvgIpc) is 3.21. The van der Waals surface area contributed by atoms with Crippen LogP contribution in [0.5, 0.6) is 0 Å². The second kappa shape index (κ2) is 7.82. The number of piperazine rings is 1. The normalized spacial score (nSPS) is 18.8. The van der Waals surface area contributed by atoms with E-state index in [1.165, 1.54) is 0 Å². The Hall–Kier alpha value is -0.480. The summed E-state index contributed by atoms with van der Waals surface area (Å²) < 4.78 is 28.4. The number of rotatable bonds is 6. The van der Waals surface area contributed by atoms with Crippen molar-refractivity contribution in [1.82, 2.24) is 14.5 Å². The predicted octanol–water partition coefficient (Wildman–Crippen LogP) is 2.73. The number of nitrogens with zero attached hydrogens (tertiary/aromatic N) is 2. The Morgan fingerprint density at radius 2 is 2.00 bits per heavy atom. The SMILES string of the molecule is CN1CCN(C(CNS(=O)(=O)c2ccc(Cl)s2)c2ccsc2)CC1. The summed E-state index contributed by atoms with van der Waals surface area (Å²) >= 11 is 8.57. The largest absolute Gasteiger partial charge is 0.304 e. The molecule has 1 atom stereocenters. The molecule has 5 nitrogen and oxygen atoms in total. The molecule has 1 aliphatic heterocycles. The van der Waals surface area contributed by atoms with Crippen LogP contribution in [0.15, 0.2) is 33.2 Å². The summed E-state index contributed by atoms with van der Waals surface area (Å²) in [6.07, 6.45) is 0. The minimum Gasteiger partial charge on any atom is -0.304 e. The molecular formula is C15H20ClN3O2S3. The monoisotopic (exact) mass is 405 g/mol. The Morgan fingerprint density at radius 1 is 1.25 bits per heavy atom. The van der Waals surface area contributed by atoms with Gasteiger partial charge in [-0.3, -0.25) is 4.90 Å². The highest BCUT2D eigenvalue weighted by Crippen LogP contribution is 2.27. The first kappa shape index (κ1) is 18.3. The first-order chi connectivity index (χ1) is 11.5. The van der Waals surface area contributed by atoms with Gasteiger partial charge >= 0.3 is 0 Å². The fourth-order valence-electron chi connectivity index (χ4n) is 2.76. The third-order valence-corrected chi connectivity index (χ3v) is 8.03. The van der Waals surface area contributed by atoms with Gasteiger partial charge in [0.1, 0.15) is 4.21 Å². The van der Waals surface area contributed by atoms with Gasteiger partial charge in [-0.2, -0.15) is 11.3 Å². The Morgan fingerprint density at radius 3 is 2.58 bits per heavy atom. The average molecular weight is 406 g/mol. The quantitative estimate of drug-likeness (QED) is 0.802. The van der Waals surface area contributed by atoms with Crippen LogP contribution in [0.1, 0.15) is 11.6 Å². The van der Waals surface area contributed by atoms with E-state index in [1.54, 1.807) is 23.5 Å². The van der Waals surface area contributed by atoms with Gasteiger partial charge in [-0.05, 0) is 41.6 Å². The first-order valence-corrected chi connectivity index (χ1v) is 11.3. The maximum absolute atomic E-state index is 12.5. The predicted molar refractivity (Wildman–Crippen MR) is 101 cm³/mol. The van der Waals surface area contributed by atoms with E-state index in [0.717, 1.165) is 43.1 Å². The number of sulfonamides is 1. The van der Waals surface area contributed by atoms with E-state index in [-0.39, 0.29) is 10.3 Å². The molecule has 3 rings (SSSR count). The molecule has 1 saturated heterocycles. The molecule has 0 bridgehead atoms. The van der Waals surface area contributed by atoms with E-state index in [1.807, 2.05) is 5.38 Å². The molecule has 3 heterocycles. The molecule has 0 aliphatic carbocycles. The summed E-state index contributed by atoms with van der Waals surface area (Å²) in [7, 11) is -1.41. The summed E-state index contributed by atoms with van der Waals surface area (Å²) in [5, 5.41) is 4.13. The fraction of sp³-hybridized carbons (Fsp3) is 0.467. The van der Waals surface area contributed by atoms with Crippen molar-refractivity contribution in [2.24, 2.45) is 0 Å². The zero-order valence-corrected chi connectivity index (χ0v) is 16.5. The second-order valence-corrected chi connectivity index (χ2v) is 10.3. The van der Waals surface area contributed by atoms with E-state index in [4.69, 9.17) is 11.6 Å². The van der Waals surface area contributed by atoms with Gasteiger partial charge in [-0.15, -0.1) is 11.3 Å². The van der Waals surface area contributed by atoms with Gasteiger partial charge in [-0.1, -0.05) is 11.6 Å². The summed E-state index contributed by atoms with van der Waals surface area (Å²) in [6.45, 7) is 4.22. The number of hydrogen-bond donors (Lipinski definition) is 1. The highest BCUT2D eigenvalue weighted by atomic mass is 35.5. The van der Waals surface area contributed by atoms with Crippen molar-refractivity contribution in [3.63, 3.8) is 0 Å². The molecule has 132 valence electrons. The molecule has 2 aromatic rings. The summed E-state index contributed by atoms with van der Waals surface area (Å²) in [5.41, 5.74) is 1.16. The number of likely N-dealkylation sites (N-methyl/N-ethyl adjacent to an activating group) is 1. The lowest BCUT2D eigenvalue weighted by Gasteiger charge is -2.37. The molecule has 9 heteroatoms. The molecule has 0 spiro atoms. The first-order valence-electron chi connectivity index (χ1n) is 7.65. The molecule has 0 saturated carbocycles. The van der Waals surface area contributed by atoms with E-state index >= 15 is 0 Å². The molecule has 2 aromatic heterocycles. The number of hydrogen-bond acceptors (Lipinski definition) is 6. The minimum atomic E-state index is -3.52. The third kappa shape index (κ3) is 4.37. The van der Waals surface area contributed by atoms with Crippen LogP contribution in [0.25, 0.3) is 0 Å². The van der Waals surface area contributed by atoms with Crippen LogP contribution in [0.3, 0.4) is 0 Å². The molecule has 0 aromatic carbocycles. The Kier molecular flexibility index (Phi) is 5.97. The fourth-order valence-corrected chi connectivity index (χ4v) is 6.03. The highest BCUT2D eigenvalue weighted by molar-refractivity contribution is 7.91. The minimum absolute atomic E-state index is 0.0511. The van der Waals surface area contributed by atoms with Gasteiger partial charge in [0.15, 0.2) is 0 Å². The lowest BCUT2D eigenvalue weighted by Crippen LogP contribution is -2.48. The van der Waals surface area contributed by atoms with Crippen molar-refractivity contribution in [2.45, 2.75) is 10.3 Å². The van der Waals surface area contributed by atoms with Crippen LogP contribution in [-0.2, 0) is 10.0 Å².